The third kappa shape index (κ3) is 2.75. The molecule has 4 aliphatic rings. The SMILES string of the molecule is COc1ccc2c3c1O[C@@H]1C(OC(=O)[C@H](C)OC(=O)CCN)=CC[C@]4(O)[C@@H](CCC[C@@]314)C2. The van der Waals surface area contributed by atoms with Gasteiger partial charge in [0, 0.05) is 12.1 Å². The van der Waals surface area contributed by atoms with Crippen LogP contribution >= 0.6 is 0 Å². The number of ether oxygens (including phenoxy) is 4. The van der Waals surface area contributed by atoms with Crippen molar-refractivity contribution >= 4 is 11.9 Å². The highest BCUT2D eigenvalue weighted by Crippen LogP contribution is 2.67. The molecule has 0 aromatic heterocycles. The molecule has 3 aliphatic carbocycles. The second kappa shape index (κ2) is 7.49. The number of carbonyl (C=O) groups excluding carboxylic acids is 2. The van der Waals surface area contributed by atoms with E-state index in [1.165, 1.54) is 6.92 Å². The van der Waals surface area contributed by atoms with Crippen LogP contribution in [0.3, 0.4) is 0 Å². The Morgan fingerprint density at radius 1 is 1.38 bits per heavy atom. The zero-order chi connectivity index (χ0) is 22.7. The van der Waals surface area contributed by atoms with Crippen LogP contribution in [0, 0.1) is 5.92 Å². The summed E-state index contributed by atoms with van der Waals surface area (Å²) < 4.78 is 22.8. The van der Waals surface area contributed by atoms with Gasteiger partial charge in [0.2, 0.25) is 0 Å². The Morgan fingerprint density at radius 3 is 2.94 bits per heavy atom. The van der Waals surface area contributed by atoms with Gasteiger partial charge in [0.25, 0.3) is 0 Å². The van der Waals surface area contributed by atoms with Gasteiger partial charge in [-0.3, -0.25) is 4.79 Å². The third-order valence-corrected chi connectivity index (χ3v) is 7.67. The van der Waals surface area contributed by atoms with Crippen molar-refractivity contribution in [2.75, 3.05) is 13.7 Å². The predicted molar refractivity (Wildman–Crippen MR) is 113 cm³/mol. The highest BCUT2D eigenvalue weighted by Gasteiger charge is 2.70. The lowest BCUT2D eigenvalue weighted by molar-refractivity contribution is -0.171. The van der Waals surface area contributed by atoms with Crippen LogP contribution in [-0.2, 0) is 30.9 Å². The van der Waals surface area contributed by atoms with Crippen molar-refractivity contribution in [2.24, 2.45) is 11.7 Å². The van der Waals surface area contributed by atoms with Gasteiger partial charge in [0.1, 0.15) is 5.76 Å². The van der Waals surface area contributed by atoms with Crippen LogP contribution in [0.2, 0.25) is 0 Å². The summed E-state index contributed by atoms with van der Waals surface area (Å²) in [5.74, 6) is 0.461. The van der Waals surface area contributed by atoms with Gasteiger partial charge in [-0.2, -0.15) is 0 Å². The van der Waals surface area contributed by atoms with Gasteiger partial charge in [-0.25, -0.2) is 4.79 Å². The van der Waals surface area contributed by atoms with Crippen LogP contribution in [0.5, 0.6) is 11.5 Å². The summed E-state index contributed by atoms with van der Waals surface area (Å²) in [5, 5.41) is 12.0. The first-order chi connectivity index (χ1) is 15.4. The molecule has 1 spiro atoms. The fourth-order valence-corrected chi connectivity index (χ4v) is 6.30. The van der Waals surface area contributed by atoms with Crippen molar-refractivity contribution in [3.63, 3.8) is 0 Å². The Kier molecular flexibility index (Phi) is 4.98. The number of esters is 2. The molecule has 1 saturated carbocycles. The monoisotopic (exact) mass is 443 g/mol. The minimum absolute atomic E-state index is 0.0292. The van der Waals surface area contributed by atoms with Crippen LogP contribution < -0.4 is 15.2 Å². The van der Waals surface area contributed by atoms with E-state index in [1.807, 2.05) is 6.07 Å². The molecule has 5 rings (SSSR count). The van der Waals surface area contributed by atoms with E-state index in [1.54, 1.807) is 13.2 Å². The minimum Gasteiger partial charge on any atom is -0.493 e. The average molecular weight is 443 g/mol. The van der Waals surface area contributed by atoms with Crippen LogP contribution in [0.25, 0.3) is 0 Å². The molecule has 1 aromatic rings. The van der Waals surface area contributed by atoms with Crippen LogP contribution in [0.1, 0.15) is 50.2 Å². The first kappa shape index (κ1) is 21.3. The lowest BCUT2D eigenvalue weighted by Crippen LogP contribution is -2.67. The number of rotatable bonds is 6. The number of nitrogens with two attached hydrogens (primary N) is 1. The predicted octanol–water partition coefficient (Wildman–Crippen LogP) is 1.89. The van der Waals surface area contributed by atoms with Crippen molar-refractivity contribution in [2.45, 2.75) is 68.7 Å². The van der Waals surface area contributed by atoms with Crippen LogP contribution in [0.15, 0.2) is 24.0 Å². The van der Waals surface area contributed by atoms with Gasteiger partial charge in [-0.15, -0.1) is 0 Å². The summed E-state index contributed by atoms with van der Waals surface area (Å²) in [6.45, 7) is 1.61. The Bertz CT molecular complexity index is 1000. The van der Waals surface area contributed by atoms with E-state index in [2.05, 4.69) is 6.07 Å². The highest BCUT2D eigenvalue weighted by molar-refractivity contribution is 5.80. The maximum atomic E-state index is 12.7. The largest absolute Gasteiger partial charge is 0.493 e. The molecule has 0 unspecified atom stereocenters. The molecule has 172 valence electrons. The van der Waals surface area contributed by atoms with E-state index in [0.29, 0.717) is 23.7 Å². The highest BCUT2D eigenvalue weighted by atomic mass is 16.6. The third-order valence-electron chi connectivity index (χ3n) is 7.67. The van der Waals surface area contributed by atoms with Gasteiger partial charge >= 0.3 is 11.9 Å². The molecular weight excluding hydrogens is 414 g/mol. The zero-order valence-corrected chi connectivity index (χ0v) is 18.4. The smallest absolute Gasteiger partial charge is 0.352 e. The molecule has 0 radical (unpaired) electrons. The zero-order valence-electron chi connectivity index (χ0n) is 18.4. The summed E-state index contributed by atoms with van der Waals surface area (Å²) in [6.07, 6.45) is 3.86. The van der Waals surface area contributed by atoms with Crippen molar-refractivity contribution in [3.8, 4) is 11.5 Å². The van der Waals surface area contributed by atoms with Crippen molar-refractivity contribution < 1.29 is 33.6 Å². The van der Waals surface area contributed by atoms with Crippen molar-refractivity contribution in [1.29, 1.82) is 0 Å². The summed E-state index contributed by atoms with van der Waals surface area (Å²) in [4.78, 5) is 24.5. The van der Waals surface area contributed by atoms with Gasteiger partial charge in [0.05, 0.1) is 24.5 Å². The molecule has 3 N–H and O–H groups in total. The van der Waals surface area contributed by atoms with Crippen LogP contribution in [0.4, 0.5) is 0 Å². The number of methoxy groups -OCH3 is 1. The number of benzene rings is 1. The first-order valence-corrected chi connectivity index (χ1v) is 11.3. The molecule has 32 heavy (non-hydrogen) atoms. The molecule has 0 amide bonds. The quantitative estimate of drug-likeness (QED) is 0.640. The van der Waals surface area contributed by atoms with E-state index in [0.717, 1.165) is 36.8 Å². The number of hydrogen-bond donors (Lipinski definition) is 2. The second-order valence-electron chi connectivity index (χ2n) is 9.22. The van der Waals surface area contributed by atoms with Gasteiger partial charge in [-0.1, -0.05) is 12.5 Å². The lowest BCUT2D eigenvalue weighted by atomic mass is 9.47. The topological polar surface area (TPSA) is 117 Å². The Hall–Kier alpha value is -2.58. The molecule has 2 bridgehead atoms. The number of carbonyl (C=O) groups is 2. The number of hydrogen-bond acceptors (Lipinski definition) is 8. The standard InChI is InChI=1S/C24H29NO7/c1-13(30-18(26)8-11-25)22(27)31-17-7-10-24(28)15-4-3-9-23(24)19-14(12-15)5-6-16(29-2)20(19)32-21(17)23/h5-7,13,15,21,28H,3-4,8-12,25H2,1-2H3/t13-,15-,21+,23+,24-/m0/s1. The second-order valence-corrected chi connectivity index (χ2v) is 9.22. The summed E-state index contributed by atoms with van der Waals surface area (Å²) in [5.41, 5.74) is 5.85. The molecule has 0 saturated heterocycles. The van der Waals surface area contributed by atoms with E-state index in [9.17, 15) is 14.7 Å². The molecule has 8 heteroatoms. The van der Waals surface area contributed by atoms with E-state index >= 15 is 0 Å². The molecular formula is C24H29NO7. The van der Waals surface area contributed by atoms with Gasteiger partial charge in [0.15, 0.2) is 23.7 Å². The van der Waals surface area contributed by atoms with Gasteiger partial charge < -0.3 is 29.8 Å². The Morgan fingerprint density at radius 2 is 2.19 bits per heavy atom. The summed E-state index contributed by atoms with van der Waals surface area (Å²) in [7, 11) is 1.59. The Balaban J connectivity index is 1.51. The van der Waals surface area contributed by atoms with Crippen LogP contribution in [-0.4, -0.2) is 48.5 Å². The van der Waals surface area contributed by atoms with E-state index in [-0.39, 0.29) is 18.9 Å². The molecule has 1 fully saturated rings. The maximum Gasteiger partial charge on any atom is 0.352 e. The fourth-order valence-electron chi connectivity index (χ4n) is 6.30. The molecule has 8 nitrogen and oxygen atoms in total. The summed E-state index contributed by atoms with van der Waals surface area (Å²) in [6, 6.07) is 3.96. The first-order valence-electron chi connectivity index (χ1n) is 11.3. The minimum atomic E-state index is -1.08. The molecule has 1 aliphatic heterocycles. The summed E-state index contributed by atoms with van der Waals surface area (Å²) >= 11 is 0. The molecule has 5 atom stereocenters. The lowest BCUT2D eigenvalue weighted by Gasteiger charge is -2.59. The normalized spacial score (nSPS) is 32.2. The molecule has 1 heterocycles. The maximum absolute atomic E-state index is 12.7. The van der Waals surface area contributed by atoms with Crippen molar-refractivity contribution in [3.05, 3.63) is 35.1 Å². The average Bonchev–Trinajstić information content (AvgIpc) is 3.10. The van der Waals surface area contributed by atoms with E-state index in [4.69, 9.17) is 24.7 Å². The Labute approximate surface area is 186 Å². The number of aliphatic hydroxyl groups is 1. The fraction of sp³-hybridized carbons (Fsp3) is 0.583. The van der Waals surface area contributed by atoms with Crippen molar-refractivity contribution in [1.82, 2.24) is 0 Å². The van der Waals surface area contributed by atoms with Gasteiger partial charge in [-0.05, 0) is 56.2 Å². The molecule has 1 aromatic carbocycles. The van der Waals surface area contributed by atoms with E-state index < -0.39 is 35.2 Å².